The molecule has 1 N–H and O–H groups in total. The number of urea groups is 1. The van der Waals surface area contributed by atoms with Crippen molar-refractivity contribution in [1.29, 1.82) is 0 Å². The minimum absolute atomic E-state index is 0.0847. The van der Waals surface area contributed by atoms with Crippen LogP contribution in [0.5, 0.6) is 0 Å². The van der Waals surface area contributed by atoms with Crippen molar-refractivity contribution >= 4 is 22.9 Å². The zero-order valence-corrected chi connectivity index (χ0v) is 15.8. The Morgan fingerprint density at radius 1 is 1.28 bits per heavy atom. The number of amides is 2. The van der Waals surface area contributed by atoms with E-state index in [0.29, 0.717) is 18.8 Å². The molecule has 0 bridgehead atoms. The third kappa shape index (κ3) is 7.86. The van der Waals surface area contributed by atoms with Crippen molar-refractivity contribution in [2.45, 2.75) is 52.0 Å². The number of hydrogen-bond acceptors (Lipinski definition) is 5. The van der Waals surface area contributed by atoms with Gasteiger partial charge in [-0.3, -0.25) is 4.79 Å². The minimum atomic E-state index is -0.0847. The van der Waals surface area contributed by atoms with E-state index < -0.39 is 0 Å². The largest absolute Gasteiger partial charge is 0.332 e. The molecule has 1 aromatic heterocycles. The first kappa shape index (κ1) is 19.7. The summed E-state index contributed by atoms with van der Waals surface area (Å²) >= 11 is 1.27. The van der Waals surface area contributed by atoms with Gasteiger partial charge in [-0.1, -0.05) is 43.9 Å². The molecule has 1 saturated carbocycles. The molecule has 1 heterocycles. The highest BCUT2D eigenvalue weighted by molar-refractivity contribution is 8.13. The van der Waals surface area contributed by atoms with Gasteiger partial charge in [-0.25, -0.2) is 14.8 Å². The van der Waals surface area contributed by atoms with Gasteiger partial charge in [0.25, 0.3) is 0 Å². The van der Waals surface area contributed by atoms with Gasteiger partial charge in [0.05, 0.1) is 12.2 Å². The highest BCUT2D eigenvalue weighted by Gasteiger charge is 2.18. The molecule has 1 aromatic rings. The van der Waals surface area contributed by atoms with Crippen molar-refractivity contribution in [3.63, 3.8) is 0 Å². The van der Waals surface area contributed by atoms with E-state index in [1.54, 1.807) is 19.2 Å². The maximum Gasteiger partial charge on any atom is 0.317 e. The van der Waals surface area contributed by atoms with Gasteiger partial charge >= 0.3 is 6.03 Å². The van der Waals surface area contributed by atoms with Crippen LogP contribution in [0.1, 0.15) is 51.1 Å². The van der Waals surface area contributed by atoms with Gasteiger partial charge in [0, 0.05) is 32.0 Å². The summed E-state index contributed by atoms with van der Waals surface area (Å²) in [6.45, 7) is 3.29. The Morgan fingerprint density at radius 3 is 2.76 bits per heavy atom. The molecule has 0 saturated heterocycles. The number of hydrogen-bond donors (Lipinski definition) is 1. The average molecular weight is 365 g/mol. The Morgan fingerprint density at radius 2 is 2.08 bits per heavy atom. The standard InChI is InChI=1S/C18H28N4O2S/c1-15(23)25-12-11-22(10-8-16-5-3-2-4-6-16)18(24)20-13-17-7-9-19-14-21-17/h7,9,14,16H,2-6,8,10-13H2,1H3,(H,20,24). The molecule has 0 unspecified atom stereocenters. The normalized spacial score (nSPS) is 14.9. The molecule has 0 spiro atoms. The first-order valence-electron chi connectivity index (χ1n) is 9.06. The van der Waals surface area contributed by atoms with E-state index in [0.717, 1.165) is 24.6 Å². The number of carbonyl (C=O) groups excluding carboxylic acids is 2. The van der Waals surface area contributed by atoms with E-state index in [1.807, 2.05) is 4.90 Å². The summed E-state index contributed by atoms with van der Waals surface area (Å²) in [5, 5.41) is 3.02. The second kappa shape index (κ2) is 11.1. The van der Waals surface area contributed by atoms with Gasteiger partial charge in [-0.2, -0.15) is 0 Å². The summed E-state index contributed by atoms with van der Waals surface area (Å²) in [6, 6.07) is 1.71. The maximum atomic E-state index is 12.5. The lowest BCUT2D eigenvalue weighted by Gasteiger charge is -2.27. The van der Waals surface area contributed by atoms with E-state index in [2.05, 4.69) is 15.3 Å². The smallest absolute Gasteiger partial charge is 0.317 e. The molecule has 6 nitrogen and oxygen atoms in total. The number of aromatic nitrogens is 2. The monoisotopic (exact) mass is 364 g/mol. The van der Waals surface area contributed by atoms with Crippen LogP contribution in [0.3, 0.4) is 0 Å². The summed E-state index contributed by atoms with van der Waals surface area (Å²) in [7, 11) is 0. The van der Waals surface area contributed by atoms with Crippen molar-refractivity contribution in [2.75, 3.05) is 18.8 Å². The molecular weight excluding hydrogens is 336 g/mol. The van der Waals surface area contributed by atoms with Crippen LogP contribution < -0.4 is 5.32 Å². The fraction of sp³-hybridized carbons (Fsp3) is 0.667. The van der Waals surface area contributed by atoms with Crippen LogP contribution in [0.2, 0.25) is 0 Å². The highest BCUT2D eigenvalue weighted by atomic mass is 32.2. The summed E-state index contributed by atoms with van der Waals surface area (Å²) in [5.74, 6) is 1.37. The molecular formula is C18H28N4O2S. The molecule has 0 aromatic carbocycles. The van der Waals surface area contributed by atoms with E-state index in [9.17, 15) is 9.59 Å². The first-order chi connectivity index (χ1) is 12.1. The number of rotatable bonds is 8. The minimum Gasteiger partial charge on any atom is -0.332 e. The quantitative estimate of drug-likeness (QED) is 0.766. The number of nitrogens with one attached hydrogen (secondary N) is 1. The molecule has 0 radical (unpaired) electrons. The lowest BCUT2D eigenvalue weighted by molar-refractivity contribution is -0.109. The van der Waals surface area contributed by atoms with Gasteiger partial charge in [0.15, 0.2) is 5.12 Å². The Bertz CT molecular complexity index is 535. The van der Waals surface area contributed by atoms with E-state index in [4.69, 9.17) is 0 Å². The van der Waals surface area contributed by atoms with Crippen LogP contribution in [-0.4, -0.2) is 44.9 Å². The van der Waals surface area contributed by atoms with E-state index in [1.165, 1.54) is 50.2 Å². The maximum absolute atomic E-state index is 12.5. The summed E-state index contributed by atoms with van der Waals surface area (Å²) < 4.78 is 0. The number of thioether (sulfide) groups is 1. The molecule has 138 valence electrons. The molecule has 2 amide bonds. The van der Waals surface area contributed by atoms with Crippen molar-refractivity contribution < 1.29 is 9.59 Å². The average Bonchev–Trinajstić information content (AvgIpc) is 2.64. The zero-order valence-electron chi connectivity index (χ0n) is 14.9. The molecule has 1 fully saturated rings. The Balaban J connectivity index is 1.82. The van der Waals surface area contributed by atoms with Gasteiger partial charge in [-0.15, -0.1) is 0 Å². The highest BCUT2D eigenvalue weighted by Crippen LogP contribution is 2.26. The van der Waals surface area contributed by atoms with Crippen LogP contribution in [0, 0.1) is 5.92 Å². The zero-order chi connectivity index (χ0) is 17.9. The summed E-state index contributed by atoms with van der Waals surface area (Å²) in [5.41, 5.74) is 0.786. The van der Waals surface area contributed by atoms with Gasteiger partial charge < -0.3 is 10.2 Å². The van der Waals surface area contributed by atoms with Gasteiger partial charge in [-0.05, 0) is 18.4 Å². The van der Waals surface area contributed by atoms with E-state index >= 15 is 0 Å². The molecule has 0 aliphatic heterocycles. The van der Waals surface area contributed by atoms with Crippen molar-refractivity contribution in [3.8, 4) is 0 Å². The Hall–Kier alpha value is -1.63. The van der Waals surface area contributed by atoms with E-state index in [-0.39, 0.29) is 11.1 Å². The third-order valence-electron chi connectivity index (χ3n) is 4.55. The van der Waals surface area contributed by atoms with Crippen molar-refractivity contribution in [1.82, 2.24) is 20.2 Å². The fourth-order valence-corrected chi connectivity index (χ4v) is 3.73. The molecule has 25 heavy (non-hydrogen) atoms. The van der Waals surface area contributed by atoms with Crippen LogP contribution in [0.15, 0.2) is 18.6 Å². The number of nitrogens with zero attached hydrogens (tertiary/aromatic N) is 3. The van der Waals surface area contributed by atoms with Gasteiger partial charge in [0.1, 0.15) is 6.33 Å². The SMILES string of the molecule is CC(=O)SCCN(CCC1CCCCC1)C(=O)NCc1ccncn1. The Kier molecular flexibility index (Phi) is 8.72. The van der Waals surface area contributed by atoms with Crippen LogP contribution in [-0.2, 0) is 11.3 Å². The molecule has 7 heteroatoms. The second-order valence-electron chi connectivity index (χ2n) is 6.48. The predicted octanol–water partition coefficient (Wildman–Crippen LogP) is 3.24. The lowest BCUT2D eigenvalue weighted by Crippen LogP contribution is -2.42. The molecule has 1 aliphatic carbocycles. The van der Waals surface area contributed by atoms with Crippen molar-refractivity contribution in [2.24, 2.45) is 5.92 Å². The lowest BCUT2D eigenvalue weighted by atomic mass is 9.87. The van der Waals surface area contributed by atoms with Crippen LogP contribution in [0.4, 0.5) is 4.79 Å². The fourth-order valence-electron chi connectivity index (χ4n) is 3.13. The summed E-state index contributed by atoms with van der Waals surface area (Å²) in [4.78, 5) is 33.5. The summed E-state index contributed by atoms with van der Waals surface area (Å²) in [6.07, 6.45) is 10.7. The first-order valence-corrected chi connectivity index (χ1v) is 10.0. The third-order valence-corrected chi connectivity index (χ3v) is 5.34. The topological polar surface area (TPSA) is 75.2 Å². The second-order valence-corrected chi connectivity index (χ2v) is 7.75. The van der Waals surface area contributed by atoms with Crippen molar-refractivity contribution in [3.05, 3.63) is 24.3 Å². The number of carbonyl (C=O) groups is 2. The Labute approximate surface area is 154 Å². The predicted molar refractivity (Wildman–Crippen MR) is 100 cm³/mol. The van der Waals surface area contributed by atoms with Crippen LogP contribution >= 0.6 is 11.8 Å². The molecule has 2 rings (SSSR count). The van der Waals surface area contributed by atoms with Crippen LogP contribution in [0.25, 0.3) is 0 Å². The molecule has 1 aliphatic rings. The molecule has 0 atom stereocenters. The van der Waals surface area contributed by atoms with Gasteiger partial charge in [0.2, 0.25) is 0 Å².